The van der Waals surface area contributed by atoms with Crippen LogP contribution in [0.4, 0.5) is 5.69 Å². The largest absolute Gasteiger partial charge is 0.497 e. The first-order valence-corrected chi connectivity index (χ1v) is 12.6. The lowest BCUT2D eigenvalue weighted by Gasteiger charge is -2.27. The standard InChI is InChI=1S/C26H29ClN2O4S.ClH/c1-28(17-5-6-21-9-11-23(27)12-10-21)20-22-7-3-4-8-26(22)29(18-19-30)34(31,32)25-15-13-24(33-2)14-16-25;/h3-16,30H,17-20H2,1-2H3;1H/b6-5+;. The molecule has 0 saturated heterocycles. The Hall–Kier alpha value is -2.55. The zero-order chi connectivity index (χ0) is 24.6. The summed E-state index contributed by atoms with van der Waals surface area (Å²) in [5.74, 6) is 0.571. The highest BCUT2D eigenvalue weighted by Gasteiger charge is 2.26. The van der Waals surface area contributed by atoms with E-state index in [9.17, 15) is 13.5 Å². The minimum Gasteiger partial charge on any atom is -0.497 e. The van der Waals surface area contributed by atoms with Gasteiger partial charge in [0.05, 0.1) is 30.8 Å². The number of rotatable bonds is 11. The molecule has 9 heteroatoms. The third-order valence-corrected chi connectivity index (χ3v) is 7.33. The number of halogens is 2. The zero-order valence-corrected chi connectivity index (χ0v) is 22.1. The van der Waals surface area contributed by atoms with E-state index in [1.165, 1.54) is 23.5 Å². The number of hydrogen-bond donors (Lipinski definition) is 1. The third kappa shape index (κ3) is 7.72. The summed E-state index contributed by atoms with van der Waals surface area (Å²) in [6.45, 7) is 0.846. The number of nitrogens with zero attached hydrogens (tertiary/aromatic N) is 2. The number of ether oxygens (including phenoxy) is 1. The molecule has 0 bridgehead atoms. The van der Waals surface area contributed by atoms with Gasteiger partial charge < -0.3 is 9.84 Å². The summed E-state index contributed by atoms with van der Waals surface area (Å²) in [6, 6.07) is 21.2. The number of anilines is 1. The van der Waals surface area contributed by atoms with Gasteiger partial charge in [-0.2, -0.15) is 0 Å². The van der Waals surface area contributed by atoms with Gasteiger partial charge in [0.1, 0.15) is 5.75 Å². The molecule has 1 N–H and O–H groups in total. The predicted octanol–water partition coefficient (Wildman–Crippen LogP) is 5.10. The average Bonchev–Trinajstić information content (AvgIpc) is 2.84. The van der Waals surface area contributed by atoms with Crippen molar-refractivity contribution in [1.29, 1.82) is 0 Å². The van der Waals surface area contributed by atoms with Crippen molar-refractivity contribution in [3.8, 4) is 5.75 Å². The number of sulfonamides is 1. The molecular formula is C26H30Cl2N2O4S. The molecule has 0 unspecified atom stereocenters. The molecule has 3 rings (SSSR count). The van der Waals surface area contributed by atoms with Crippen molar-refractivity contribution in [2.45, 2.75) is 11.4 Å². The summed E-state index contributed by atoms with van der Waals surface area (Å²) < 4.78 is 33.3. The normalized spacial score (nSPS) is 11.5. The van der Waals surface area contributed by atoms with Gasteiger partial charge in [-0.15, -0.1) is 12.4 Å². The van der Waals surface area contributed by atoms with E-state index in [-0.39, 0.29) is 30.5 Å². The van der Waals surface area contributed by atoms with Crippen molar-refractivity contribution in [3.63, 3.8) is 0 Å². The summed E-state index contributed by atoms with van der Waals surface area (Å²) >= 11 is 5.93. The Morgan fingerprint density at radius 2 is 1.66 bits per heavy atom. The van der Waals surface area contributed by atoms with Gasteiger partial charge in [-0.25, -0.2) is 8.42 Å². The summed E-state index contributed by atoms with van der Waals surface area (Å²) in [5, 5.41) is 10.3. The molecule has 0 aliphatic rings. The maximum atomic E-state index is 13.5. The van der Waals surface area contributed by atoms with Crippen molar-refractivity contribution < 1.29 is 18.3 Å². The van der Waals surface area contributed by atoms with Crippen LogP contribution in [0, 0.1) is 0 Å². The number of likely N-dealkylation sites (N-methyl/N-ethyl adjacent to an activating group) is 1. The van der Waals surface area contributed by atoms with Gasteiger partial charge in [0.15, 0.2) is 0 Å². The first kappa shape index (κ1) is 28.7. The number of methoxy groups -OCH3 is 1. The van der Waals surface area contributed by atoms with Crippen molar-refractivity contribution >= 4 is 45.8 Å². The Labute approximate surface area is 218 Å². The van der Waals surface area contributed by atoms with Gasteiger partial charge in [-0.05, 0) is 60.6 Å². The SMILES string of the molecule is COc1ccc(S(=O)(=O)N(CCO)c2ccccc2CN(C)C/C=C/c2ccc(Cl)cc2)cc1.Cl. The lowest BCUT2D eigenvalue weighted by Crippen LogP contribution is -2.35. The fourth-order valence-electron chi connectivity index (χ4n) is 3.52. The van der Waals surface area contributed by atoms with Crippen molar-refractivity contribution in [2.24, 2.45) is 0 Å². The van der Waals surface area contributed by atoms with E-state index in [0.29, 0.717) is 29.5 Å². The molecule has 6 nitrogen and oxygen atoms in total. The number of aliphatic hydroxyl groups excluding tert-OH is 1. The number of aliphatic hydroxyl groups is 1. The fourth-order valence-corrected chi connectivity index (χ4v) is 5.14. The smallest absolute Gasteiger partial charge is 0.264 e. The van der Waals surface area contributed by atoms with Crippen LogP contribution < -0.4 is 9.04 Å². The van der Waals surface area contributed by atoms with Gasteiger partial charge >= 0.3 is 0 Å². The van der Waals surface area contributed by atoms with E-state index >= 15 is 0 Å². The first-order chi connectivity index (χ1) is 16.3. The van der Waals surface area contributed by atoms with E-state index < -0.39 is 10.0 Å². The van der Waals surface area contributed by atoms with Gasteiger partial charge in [0, 0.05) is 18.1 Å². The molecule has 0 aliphatic heterocycles. The molecule has 188 valence electrons. The summed E-state index contributed by atoms with van der Waals surface area (Å²) in [5.41, 5.74) is 2.44. The molecule has 0 radical (unpaired) electrons. The van der Waals surface area contributed by atoms with E-state index in [0.717, 1.165) is 11.1 Å². The van der Waals surface area contributed by atoms with E-state index in [1.54, 1.807) is 24.3 Å². The fraction of sp³-hybridized carbons (Fsp3) is 0.231. The summed E-state index contributed by atoms with van der Waals surface area (Å²) in [6.07, 6.45) is 4.07. The zero-order valence-electron chi connectivity index (χ0n) is 19.7. The lowest BCUT2D eigenvalue weighted by molar-refractivity contribution is 0.306. The molecule has 0 aromatic heterocycles. The van der Waals surface area contributed by atoms with Gasteiger partial charge in [0.2, 0.25) is 0 Å². The Morgan fingerprint density at radius 1 is 1.00 bits per heavy atom. The van der Waals surface area contributed by atoms with Crippen LogP contribution >= 0.6 is 24.0 Å². The van der Waals surface area contributed by atoms with Crippen molar-refractivity contribution in [3.05, 3.63) is 95.0 Å². The second-order valence-corrected chi connectivity index (χ2v) is 10.1. The Kier molecular flexibility index (Phi) is 11.1. The van der Waals surface area contributed by atoms with Crippen molar-refractivity contribution in [2.75, 3.05) is 38.2 Å². The van der Waals surface area contributed by atoms with Crippen LogP contribution in [0.3, 0.4) is 0 Å². The number of benzene rings is 3. The van der Waals surface area contributed by atoms with Crippen LogP contribution in [0.15, 0.2) is 83.8 Å². The second kappa shape index (κ2) is 13.5. The van der Waals surface area contributed by atoms with E-state index in [4.69, 9.17) is 16.3 Å². The van der Waals surface area contributed by atoms with Crippen LogP contribution in [-0.2, 0) is 16.6 Å². The molecule has 0 atom stereocenters. The topological polar surface area (TPSA) is 70.1 Å². The maximum absolute atomic E-state index is 13.5. The molecule has 35 heavy (non-hydrogen) atoms. The molecular weight excluding hydrogens is 507 g/mol. The molecule has 0 aliphatic carbocycles. The number of hydrogen-bond acceptors (Lipinski definition) is 5. The monoisotopic (exact) mass is 536 g/mol. The van der Waals surface area contributed by atoms with Gasteiger partial charge in [-0.3, -0.25) is 9.21 Å². The second-order valence-electron chi connectivity index (χ2n) is 7.76. The molecule has 0 amide bonds. The Balaban J connectivity index is 0.00000432. The van der Waals surface area contributed by atoms with E-state index in [2.05, 4.69) is 4.90 Å². The average molecular weight is 538 g/mol. The van der Waals surface area contributed by atoms with Crippen LogP contribution in [0.5, 0.6) is 5.75 Å². The van der Waals surface area contributed by atoms with Crippen LogP contribution in [0.25, 0.3) is 6.08 Å². The number of para-hydroxylation sites is 1. The first-order valence-electron chi connectivity index (χ1n) is 10.8. The van der Waals surface area contributed by atoms with Crippen molar-refractivity contribution in [1.82, 2.24) is 4.90 Å². The van der Waals surface area contributed by atoms with Crippen LogP contribution in [0.1, 0.15) is 11.1 Å². The molecule has 0 fully saturated rings. The van der Waals surface area contributed by atoms with Crippen LogP contribution in [0.2, 0.25) is 5.02 Å². The highest BCUT2D eigenvalue weighted by molar-refractivity contribution is 7.92. The maximum Gasteiger partial charge on any atom is 0.264 e. The molecule has 3 aromatic rings. The van der Waals surface area contributed by atoms with Gasteiger partial charge in [0.25, 0.3) is 10.0 Å². The molecule has 0 heterocycles. The summed E-state index contributed by atoms with van der Waals surface area (Å²) in [7, 11) is -0.385. The minimum atomic E-state index is -3.88. The Bertz CT molecular complexity index is 1200. The highest BCUT2D eigenvalue weighted by atomic mass is 35.5. The summed E-state index contributed by atoms with van der Waals surface area (Å²) in [4.78, 5) is 2.22. The quantitative estimate of drug-likeness (QED) is 0.369. The highest BCUT2D eigenvalue weighted by Crippen LogP contribution is 2.28. The van der Waals surface area contributed by atoms with Crippen LogP contribution in [-0.4, -0.2) is 52.3 Å². The van der Waals surface area contributed by atoms with E-state index in [1.807, 2.05) is 55.6 Å². The predicted molar refractivity (Wildman–Crippen MR) is 145 cm³/mol. The molecule has 0 saturated carbocycles. The minimum absolute atomic E-state index is 0. The lowest BCUT2D eigenvalue weighted by atomic mass is 10.1. The molecule has 3 aromatic carbocycles. The Morgan fingerprint density at radius 3 is 2.29 bits per heavy atom. The third-order valence-electron chi connectivity index (χ3n) is 5.25. The molecule has 0 spiro atoms. The van der Waals surface area contributed by atoms with Gasteiger partial charge in [-0.1, -0.05) is 54.1 Å².